The van der Waals surface area contributed by atoms with Crippen molar-refractivity contribution in [3.63, 3.8) is 0 Å². The number of ether oxygens (including phenoxy) is 1. The Morgan fingerprint density at radius 1 is 0.929 bits per heavy atom. The highest BCUT2D eigenvalue weighted by Gasteiger charge is 2.20. The molecule has 2 N–H and O–H groups in total. The minimum absolute atomic E-state index is 0.308. The molecule has 0 aliphatic rings. The van der Waals surface area contributed by atoms with Crippen molar-refractivity contribution in [1.82, 2.24) is 5.32 Å². The molecule has 0 heterocycles. The molecular formula is C22H26N2O4. The molecule has 0 aromatic heterocycles. The predicted molar refractivity (Wildman–Crippen MR) is 108 cm³/mol. The van der Waals surface area contributed by atoms with Crippen LogP contribution in [0.1, 0.15) is 42.3 Å². The molecule has 0 spiro atoms. The number of para-hydroxylation sites is 1. The number of carbonyl (C=O) groups is 3. The maximum atomic E-state index is 12.5. The van der Waals surface area contributed by atoms with E-state index in [1.165, 1.54) is 6.92 Å². The monoisotopic (exact) mass is 382 g/mol. The van der Waals surface area contributed by atoms with Crippen molar-refractivity contribution < 1.29 is 19.1 Å². The van der Waals surface area contributed by atoms with Crippen LogP contribution in [-0.2, 0) is 27.2 Å². The Hall–Kier alpha value is -3.15. The zero-order chi connectivity index (χ0) is 20.5. The zero-order valence-corrected chi connectivity index (χ0v) is 16.5. The molecule has 0 aliphatic carbocycles. The second-order valence-electron chi connectivity index (χ2n) is 6.33. The lowest BCUT2D eigenvalue weighted by molar-refractivity contribution is -0.152. The number of hydrogen-bond acceptors (Lipinski definition) is 4. The SMILES string of the molecule is CCc1cccc(CC)c1NC(=O)[C@H](C)OC(=O)CNC(=O)c1ccccc1. The average Bonchev–Trinajstić information content (AvgIpc) is 2.72. The molecule has 0 unspecified atom stereocenters. The molecule has 6 nitrogen and oxygen atoms in total. The first kappa shape index (κ1) is 21.2. The van der Waals surface area contributed by atoms with Crippen molar-refractivity contribution in [3.8, 4) is 0 Å². The molecule has 0 radical (unpaired) electrons. The Morgan fingerprint density at radius 3 is 2.11 bits per heavy atom. The van der Waals surface area contributed by atoms with Gasteiger partial charge in [0.05, 0.1) is 0 Å². The van der Waals surface area contributed by atoms with E-state index in [0.717, 1.165) is 29.7 Å². The highest BCUT2D eigenvalue weighted by molar-refractivity contribution is 5.98. The van der Waals surface area contributed by atoms with Gasteiger partial charge in [-0.05, 0) is 43.0 Å². The van der Waals surface area contributed by atoms with E-state index in [-0.39, 0.29) is 12.5 Å². The van der Waals surface area contributed by atoms with E-state index < -0.39 is 18.0 Å². The summed E-state index contributed by atoms with van der Waals surface area (Å²) >= 11 is 0. The van der Waals surface area contributed by atoms with Gasteiger partial charge in [0.25, 0.3) is 11.8 Å². The summed E-state index contributed by atoms with van der Waals surface area (Å²) in [6.45, 7) is 5.23. The van der Waals surface area contributed by atoms with Gasteiger partial charge in [-0.1, -0.05) is 50.2 Å². The minimum Gasteiger partial charge on any atom is -0.451 e. The second kappa shape index (κ2) is 10.3. The Balaban J connectivity index is 1.90. The first-order valence-corrected chi connectivity index (χ1v) is 9.40. The Morgan fingerprint density at radius 2 is 1.54 bits per heavy atom. The summed E-state index contributed by atoms with van der Waals surface area (Å²) in [4.78, 5) is 36.4. The van der Waals surface area contributed by atoms with Crippen LogP contribution in [0.4, 0.5) is 5.69 Å². The van der Waals surface area contributed by atoms with Gasteiger partial charge in [-0.2, -0.15) is 0 Å². The topological polar surface area (TPSA) is 84.5 Å². The third-order valence-corrected chi connectivity index (χ3v) is 4.35. The number of rotatable bonds is 8. The quantitative estimate of drug-likeness (QED) is 0.687. The molecule has 1 atom stereocenters. The van der Waals surface area contributed by atoms with Gasteiger partial charge >= 0.3 is 5.97 Å². The van der Waals surface area contributed by atoms with Crippen molar-refractivity contribution in [3.05, 3.63) is 65.2 Å². The molecule has 0 saturated carbocycles. The van der Waals surface area contributed by atoms with Crippen molar-refractivity contribution in [1.29, 1.82) is 0 Å². The highest BCUT2D eigenvalue weighted by atomic mass is 16.5. The number of anilines is 1. The summed E-state index contributed by atoms with van der Waals surface area (Å²) in [5.74, 6) is -1.45. The fourth-order valence-electron chi connectivity index (χ4n) is 2.76. The third kappa shape index (κ3) is 5.67. The van der Waals surface area contributed by atoms with Crippen LogP contribution in [0.25, 0.3) is 0 Å². The van der Waals surface area contributed by atoms with Gasteiger partial charge in [0, 0.05) is 11.3 Å². The van der Waals surface area contributed by atoms with Gasteiger partial charge in [0.15, 0.2) is 6.10 Å². The number of carbonyl (C=O) groups excluding carboxylic acids is 3. The minimum atomic E-state index is -0.976. The van der Waals surface area contributed by atoms with Crippen LogP contribution in [0.15, 0.2) is 48.5 Å². The van der Waals surface area contributed by atoms with Crippen molar-refractivity contribution in [2.24, 2.45) is 0 Å². The van der Waals surface area contributed by atoms with E-state index in [4.69, 9.17) is 4.74 Å². The number of hydrogen-bond donors (Lipinski definition) is 2. The van der Waals surface area contributed by atoms with Gasteiger partial charge in [-0.15, -0.1) is 0 Å². The molecule has 0 saturated heterocycles. The first-order valence-electron chi connectivity index (χ1n) is 9.40. The summed E-state index contributed by atoms with van der Waals surface area (Å²) < 4.78 is 5.15. The molecule has 148 valence electrons. The van der Waals surface area contributed by atoms with Crippen LogP contribution in [0.5, 0.6) is 0 Å². The van der Waals surface area contributed by atoms with Gasteiger partial charge in [0.1, 0.15) is 6.54 Å². The largest absolute Gasteiger partial charge is 0.451 e. The van der Waals surface area contributed by atoms with Crippen LogP contribution >= 0.6 is 0 Å². The van der Waals surface area contributed by atoms with Gasteiger partial charge in [-0.3, -0.25) is 14.4 Å². The van der Waals surface area contributed by atoms with Crippen LogP contribution < -0.4 is 10.6 Å². The summed E-state index contributed by atoms with van der Waals surface area (Å²) in [5.41, 5.74) is 3.28. The van der Waals surface area contributed by atoms with Crippen molar-refractivity contribution in [2.45, 2.75) is 39.7 Å². The molecule has 0 bridgehead atoms. The Kier molecular flexibility index (Phi) is 7.75. The Bertz CT molecular complexity index is 811. The predicted octanol–water partition coefficient (Wildman–Crippen LogP) is 3.11. The number of esters is 1. The summed E-state index contributed by atoms with van der Waals surface area (Å²) in [6, 6.07) is 14.4. The third-order valence-electron chi connectivity index (χ3n) is 4.35. The van der Waals surface area contributed by atoms with E-state index in [9.17, 15) is 14.4 Å². The maximum absolute atomic E-state index is 12.5. The smallest absolute Gasteiger partial charge is 0.326 e. The fourth-order valence-corrected chi connectivity index (χ4v) is 2.76. The molecule has 2 aromatic rings. The average molecular weight is 382 g/mol. The standard InChI is InChI=1S/C22H26N2O4/c1-4-16-12-9-13-17(5-2)20(16)24-21(26)15(3)28-19(25)14-23-22(27)18-10-7-6-8-11-18/h6-13,15H,4-5,14H2,1-3H3,(H,23,27)(H,24,26)/t15-/m0/s1. The number of aryl methyl sites for hydroxylation is 2. The normalized spacial score (nSPS) is 11.4. The van der Waals surface area contributed by atoms with E-state index >= 15 is 0 Å². The summed E-state index contributed by atoms with van der Waals surface area (Å²) in [5, 5.41) is 5.36. The van der Waals surface area contributed by atoms with E-state index in [2.05, 4.69) is 10.6 Å². The first-order chi connectivity index (χ1) is 13.5. The van der Waals surface area contributed by atoms with Gasteiger partial charge in [-0.25, -0.2) is 0 Å². The number of nitrogens with one attached hydrogen (secondary N) is 2. The molecular weight excluding hydrogens is 356 g/mol. The molecule has 0 aliphatic heterocycles. The second-order valence-corrected chi connectivity index (χ2v) is 6.33. The molecule has 0 fully saturated rings. The molecule has 2 amide bonds. The van der Waals surface area contributed by atoms with Crippen LogP contribution in [0.2, 0.25) is 0 Å². The molecule has 2 aromatic carbocycles. The van der Waals surface area contributed by atoms with Crippen LogP contribution in [-0.4, -0.2) is 30.4 Å². The van der Waals surface area contributed by atoms with E-state index in [1.807, 2.05) is 32.0 Å². The maximum Gasteiger partial charge on any atom is 0.326 e. The molecule has 6 heteroatoms. The van der Waals surface area contributed by atoms with E-state index in [0.29, 0.717) is 5.56 Å². The molecule has 28 heavy (non-hydrogen) atoms. The lowest BCUT2D eigenvalue weighted by atomic mass is 10.0. The van der Waals surface area contributed by atoms with Crippen LogP contribution in [0, 0.1) is 0 Å². The van der Waals surface area contributed by atoms with Crippen LogP contribution in [0.3, 0.4) is 0 Å². The van der Waals surface area contributed by atoms with Gasteiger partial charge < -0.3 is 15.4 Å². The fraction of sp³-hybridized carbons (Fsp3) is 0.318. The lowest BCUT2D eigenvalue weighted by Crippen LogP contribution is -2.36. The van der Waals surface area contributed by atoms with Gasteiger partial charge in [0.2, 0.25) is 0 Å². The molecule has 2 rings (SSSR count). The van der Waals surface area contributed by atoms with Crippen molar-refractivity contribution in [2.75, 3.05) is 11.9 Å². The summed E-state index contributed by atoms with van der Waals surface area (Å²) in [6.07, 6.45) is 0.586. The number of amides is 2. The lowest BCUT2D eigenvalue weighted by Gasteiger charge is -2.18. The number of benzene rings is 2. The highest BCUT2D eigenvalue weighted by Crippen LogP contribution is 2.22. The zero-order valence-electron chi connectivity index (χ0n) is 16.5. The Labute approximate surface area is 165 Å². The van der Waals surface area contributed by atoms with E-state index in [1.54, 1.807) is 30.3 Å². The van der Waals surface area contributed by atoms with Crippen molar-refractivity contribution >= 4 is 23.5 Å². The summed E-state index contributed by atoms with van der Waals surface area (Å²) in [7, 11) is 0.